The molecule has 2 heteroatoms. The Kier molecular flexibility index (Phi) is 17.6. The molecule has 0 aliphatic heterocycles. The van der Waals surface area contributed by atoms with Gasteiger partial charge in [-0.05, 0) is 39.4 Å². The smallest absolute Gasteiger partial charge is 0.358 e. The first-order valence-corrected chi connectivity index (χ1v) is 8.48. The van der Waals surface area contributed by atoms with E-state index in [2.05, 4.69) is 52.8 Å². The van der Waals surface area contributed by atoms with Crippen LogP contribution in [0.2, 0.25) is 0 Å². The monoisotopic (exact) mass is 354 g/mol. The summed E-state index contributed by atoms with van der Waals surface area (Å²) in [5.74, 6) is 1.39. The van der Waals surface area contributed by atoms with Crippen molar-refractivity contribution < 1.29 is 21.7 Å². The van der Waals surface area contributed by atoms with Gasteiger partial charge in [-0.2, -0.15) is 5.57 Å². The van der Waals surface area contributed by atoms with Crippen LogP contribution in [-0.4, -0.2) is 25.5 Å². The van der Waals surface area contributed by atoms with Gasteiger partial charge in [0.25, 0.3) is 0 Å². The molecule has 1 nitrogen and oxygen atoms in total. The molecule has 0 saturated heterocycles. The summed E-state index contributed by atoms with van der Waals surface area (Å²) in [6.45, 7) is 10.5. The Labute approximate surface area is 162 Å². The summed E-state index contributed by atoms with van der Waals surface area (Å²) in [4.78, 5) is 2.29. The first kappa shape index (κ1) is 28.0. The molecule has 23 heavy (non-hydrogen) atoms. The van der Waals surface area contributed by atoms with Crippen molar-refractivity contribution in [1.29, 1.82) is 0 Å². The summed E-state index contributed by atoms with van der Waals surface area (Å²) < 4.78 is 0. The van der Waals surface area contributed by atoms with E-state index < -0.39 is 0 Å². The molecular weight excluding hydrogens is 314 g/mol. The molecule has 0 aromatic carbocycles. The van der Waals surface area contributed by atoms with E-state index in [1.807, 2.05) is 0 Å². The van der Waals surface area contributed by atoms with Crippen molar-refractivity contribution in [2.45, 2.75) is 66.2 Å². The van der Waals surface area contributed by atoms with Crippen molar-refractivity contribution in [3.8, 4) is 0 Å². The van der Waals surface area contributed by atoms with E-state index in [4.69, 9.17) is 0 Å². The third-order valence-corrected chi connectivity index (χ3v) is 4.47. The van der Waals surface area contributed by atoms with Crippen molar-refractivity contribution in [2.24, 2.45) is 11.8 Å². The fourth-order valence-electron chi connectivity index (χ4n) is 3.17. The summed E-state index contributed by atoms with van der Waals surface area (Å²) in [6, 6.07) is 0. The molecule has 1 aliphatic rings. The predicted molar refractivity (Wildman–Crippen MR) is 103 cm³/mol. The average molecular weight is 354 g/mol. The second-order valence-corrected chi connectivity index (χ2v) is 6.78. The number of rotatable bonds is 9. The van der Waals surface area contributed by atoms with Crippen LogP contribution < -0.4 is 0 Å². The average Bonchev–Trinajstić information content (AvgIpc) is 2.81. The molecule has 133 valence electrons. The summed E-state index contributed by atoms with van der Waals surface area (Å²) in [6.07, 6.45) is 11.4. The van der Waals surface area contributed by atoms with E-state index in [1.165, 1.54) is 38.5 Å². The summed E-state index contributed by atoms with van der Waals surface area (Å²) >= 11 is 0. The van der Waals surface area contributed by atoms with E-state index in [0.29, 0.717) is 11.8 Å². The first-order chi connectivity index (χ1) is 9.49. The second-order valence-electron chi connectivity index (χ2n) is 6.78. The molecule has 0 bridgehead atoms. The van der Waals surface area contributed by atoms with E-state index in [1.54, 1.807) is 16.7 Å². The molecular formula is C21H40NTi. The van der Waals surface area contributed by atoms with Crippen LogP contribution >= 0.6 is 0 Å². The van der Waals surface area contributed by atoms with Gasteiger partial charge in [-0.3, -0.25) is 0 Å². The van der Waals surface area contributed by atoms with Crippen LogP contribution in [0.1, 0.15) is 66.2 Å². The van der Waals surface area contributed by atoms with Gasteiger partial charge in [-0.15, -0.1) is 0 Å². The SMILES string of the molecule is CCCC(C)C1=[C-]C(C(C)CCC)=C(CCN(C)C)C1.[CH3-].[CH3-].[Ti+3]. The Morgan fingerprint density at radius 2 is 1.52 bits per heavy atom. The molecule has 0 amide bonds. The van der Waals surface area contributed by atoms with Crippen LogP contribution in [0.15, 0.2) is 16.7 Å². The Bertz CT molecular complexity index is 355. The van der Waals surface area contributed by atoms with E-state index >= 15 is 0 Å². The van der Waals surface area contributed by atoms with Crippen LogP contribution in [-0.2, 0) is 21.7 Å². The normalized spacial score (nSPS) is 16.2. The van der Waals surface area contributed by atoms with Crippen molar-refractivity contribution >= 4 is 0 Å². The zero-order valence-corrected chi connectivity index (χ0v) is 18.6. The van der Waals surface area contributed by atoms with E-state index in [0.717, 1.165) is 6.54 Å². The second kappa shape index (κ2) is 14.5. The summed E-state index contributed by atoms with van der Waals surface area (Å²) in [7, 11) is 4.34. The minimum Gasteiger partial charge on any atom is -0.358 e. The van der Waals surface area contributed by atoms with Crippen LogP contribution in [0.3, 0.4) is 0 Å². The minimum atomic E-state index is 0. The maximum atomic E-state index is 3.81. The summed E-state index contributed by atoms with van der Waals surface area (Å²) in [5, 5.41) is 0. The third-order valence-electron chi connectivity index (χ3n) is 4.47. The molecule has 0 fully saturated rings. The molecule has 0 saturated carbocycles. The topological polar surface area (TPSA) is 3.24 Å². The number of allylic oxidation sites excluding steroid dienone is 3. The van der Waals surface area contributed by atoms with Crippen molar-refractivity contribution in [3.63, 3.8) is 0 Å². The molecule has 1 rings (SSSR count). The molecule has 0 heterocycles. The van der Waals surface area contributed by atoms with Gasteiger partial charge < -0.3 is 19.8 Å². The fraction of sp³-hybridized carbons (Fsp3) is 0.714. The van der Waals surface area contributed by atoms with Crippen LogP contribution in [0.5, 0.6) is 0 Å². The van der Waals surface area contributed by atoms with Crippen LogP contribution in [0.4, 0.5) is 0 Å². The zero-order chi connectivity index (χ0) is 15.1. The number of hydrogen-bond acceptors (Lipinski definition) is 1. The van der Waals surface area contributed by atoms with Gasteiger partial charge in [0, 0.05) is 0 Å². The maximum absolute atomic E-state index is 3.81. The van der Waals surface area contributed by atoms with Crippen molar-refractivity contribution in [2.75, 3.05) is 20.6 Å². The van der Waals surface area contributed by atoms with Crippen LogP contribution in [0.25, 0.3) is 0 Å². The third kappa shape index (κ3) is 9.27. The van der Waals surface area contributed by atoms with Gasteiger partial charge in [0.2, 0.25) is 0 Å². The molecule has 0 aromatic heterocycles. The number of hydrogen-bond donors (Lipinski definition) is 0. The molecule has 1 radical (unpaired) electrons. The van der Waals surface area contributed by atoms with Gasteiger partial charge in [0.15, 0.2) is 0 Å². The minimum absolute atomic E-state index is 0. The van der Waals surface area contributed by atoms with Gasteiger partial charge >= 0.3 is 21.7 Å². The molecule has 2 unspecified atom stereocenters. The van der Waals surface area contributed by atoms with E-state index in [9.17, 15) is 0 Å². The Balaban J connectivity index is -0.00000133. The largest absolute Gasteiger partial charge is 3.00 e. The van der Waals surface area contributed by atoms with Gasteiger partial charge in [-0.1, -0.05) is 59.3 Å². The fourth-order valence-corrected chi connectivity index (χ4v) is 3.17. The molecule has 1 aliphatic carbocycles. The number of nitrogens with zero attached hydrogens (tertiary/aromatic N) is 1. The Morgan fingerprint density at radius 1 is 1.00 bits per heavy atom. The van der Waals surface area contributed by atoms with Gasteiger partial charge in [0.05, 0.1) is 0 Å². The zero-order valence-electron chi connectivity index (χ0n) is 17.1. The molecule has 0 aromatic rings. The maximum Gasteiger partial charge on any atom is 3.00 e. The Morgan fingerprint density at radius 3 is 2.00 bits per heavy atom. The standard InChI is InChI=1S/C19H34N.2CH3.Ti/c1-7-9-15(3)18-13-17(11-12-20(5)6)19(14-18)16(4)10-8-2;;;/h15-16H,7-13H2,1-6H3;2*1H3;/q3*-1;+3. The molecule has 0 spiro atoms. The molecule has 2 atom stereocenters. The van der Waals surface area contributed by atoms with Gasteiger partial charge in [-0.25, -0.2) is 17.2 Å². The quantitative estimate of drug-likeness (QED) is 0.355. The van der Waals surface area contributed by atoms with E-state index in [-0.39, 0.29) is 36.6 Å². The summed E-state index contributed by atoms with van der Waals surface area (Å²) in [5.41, 5.74) is 4.78. The van der Waals surface area contributed by atoms with Gasteiger partial charge in [0.1, 0.15) is 0 Å². The Hall–Kier alpha value is 0.154. The molecule has 0 N–H and O–H groups in total. The van der Waals surface area contributed by atoms with Crippen molar-refractivity contribution in [3.05, 3.63) is 37.6 Å². The van der Waals surface area contributed by atoms with Crippen LogP contribution in [0, 0.1) is 32.8 Å². The van der Waals surface area contributed by atoms with Crippen molar-refractivity contribution in [1.82, 2.24) is 4.90 Å². The first-order valence-electron chi connectivity index (χ1n) is 8.48. The predicted octanol–water partition coefficient (Wildman–Crippen LogP) is 6.14.